The highest BCUT2D eigenvalue weighted by Crippen LogP contribution is 2.27. The van der Waals surface area contributed by atoms with Crippen LogP contribution in [0.15, 0.2) is 70.4 Å². The lowest BCUT2D eigenvalue weighted by Gasteiger charge is -2.21. The van der Waals surface area contributed by atoms with Crippen molar-refractivity contribution in [3.8, 4) is 0 Å². The zero-order chi connectivity index (χ0) is 17.9. The van der Waals surface area contributed by atoms with Gasteiger partial charge in [-0.2, -0.15) is 4.31 Å². The maximum Gasteiger partial charge on any atom is 0.246 e. The van der Waals surface area contributed by atoms with Crippen molar-refractivity contribution in [3.05, 3.63) is 83.3 Å². The van der Waals surface area contributed by atoms with Crippen molar-refractivity contribution < 1.29 is 17.2 Å². The van der Waals surface area contributed by atoms with E-state index in [4.69, 9.17) is 16.0 Å². The minimum absolute atomic E-state index is 0.0167. The van der Waals surface area contributed by atoms with Gasteiger partial charge in [-0.05, 0) is 35.9 Å². The SMILES string of the molecule is O=S(=O)(c1cccc(Cl)c1F)N(Cc1cccnc1)Cc1ccco1. The third-order valence-electron chi connectivity index (χ3n) is 3.53. The maximum absolute atomic E-state index is 14.3. The normalized spacial score (nSPS) is 11.8. The third-order valence-corrected chi connectivity index (χ3v) is 5.63. The fraction of sp³-hybridized carbons (Fsp3) is 0.118. The van der Waals surface area contributed by atoms with Crippen LogP contribution in [0, 0.1) is 5.82 Å². The highest BCUT2D eigenvalue weighted by molar-refractivity contribution is 7.89. The number of pyridine rings is 1. The Labute approximate surface area is 149 Å². The van der Waals surface area contributed by atoms with E-state index >= 15 is 0 Å². The summed E-state index contributed by atoms with van der Waals surface area (Å²) in [5.74, 6) is -0.533. The zero-order valence-electron chi connectivity index (χ0n) is 13.0. The second-order valence-electron chi connectivity index (χ2n) is 5.27. The van der Waals surface area contributed by atoms with E-state index in [2.05, 4.69) is 4.98 Å². The molecule has 5 nitrogen and oxygen atoms in total. The number of hydrogen-bond acceptors (Lipinski definition) is 4. The second-order valence-corrected chi connectivity index (χ2v) is 7.58. The molecule has 0 spiro atoms. The van der Waals surface area contributed by atoms with Gasteiger partial charge in [-0.1, -0.05) is 23.7 Å². The first kappa shape index (κ1) is 17.6. The fourth-order valence-corrected chi connectivity index (χ4v) is 4.03. The molecule has 0 fully saturated rings. The van der Waals surface area contributed by atoms with E-state index in [-0.39, 0.29) is 18.1 Å². The summed E-state index contributed by atoms with van der Waals surface area (Å²) in [4.78, 5) is 3.50. The third kappa shape index (κ3) is 3.89. The lowest BCUT2D eigenvalue weighted by atomic mass is 10.3. The number of rotatable bonds is 6. The lowest BCUT2D eigenvalue weighted by molar-refractivity contribution is 0.356. The number of sulfonamides is 1. The quantitative estimate of drug-likeness (QED) is 0.651. The standard InChI is InChI=1S/C17H14ClFN2O3S/c18-15-6-1-7-16(17(15)19)25(22,23)21(12-14-5-3-9-24-14)11-13-4-2-8-20-10-13/h1-10H,11-12H2. The molecule has 0 saturated heterocycles. The van der Waals surface area contributed by atoms with E-state index in [1.165, 1.54) is 24.5 Å². The minimum atomic E-state index is -4.14. The molecule has 0 bridgehead atoms. The summed E-state index contributed by atoms with van der Waals surface area (Å²) in [6.45, 7) is -0.0288. The molecule has 0 saturated carbocycles. The van der Waals surface area contributed by atoms with Gasteiger partial charge < -0.3 is 4.42 Å². The van der Waals surface area contributed by atoms with E-state index < -0.39 is 20.7 Å². The first-order valence-corrected chi connectivity index (χ1v) is 9.16. The van der Waals surface area contributed by atoms with Gasteiger partial charge in [0.1, 0.15) is 10.7 Å². The Hall–Kier alpha value is -2.22. The molecule has 0 unspecified atom stereocenters. The highest BCUT2D eigenvalue weighted by atomic mass is 35.5. The van der Waals surface area contributed by atoms with Crippen molar-refractivity contribution in [1.82, 2.24) is 9.29 Å². The van der Waals surface area contributed by atoms with Crippen LogP contribution in [0.2, 0.25) is 5.02 Å². The average molecular weight is 381 g/mol. The number of halogens is 2. The Kier molecular flexibility index (Phi) is 5.17. The molecule has 0 radical (unpaired) electrons. The molecule has 2 heterocycles. The summed E-state index contributed by atoms with van der Waals surface area (Å²) in [7, 11) is -4.14. The molecular formula is C17H14ClFN2O3S. The summed E-state index contributed by atoms with van der Waals surface area (Å²) >= 11 is 5.74. The Bertz CT molecular complexity index is 947. The van der Waals surface area contributed by atoms with Crippen LogP contribution in [0.3, 0.4) is 0 Å². The van der Waals surface area contributed by atoms with Crippen LogP contribution in [0.1, 0.15) is 11.3 Å². The van der Waals surface area contributed by atoms with Crippen molar-refractivity contribution in [2.24, 2.45) is 0 Å². The largest absolute Gasteiger partial charge is 0.468 e. The number of aromatic nitrogens is 1. The Morgan fingerprint density at radius 3 is 2.64 bits per heavy atom. The molecule has 2 aromatic heterocycles. The lowest BCUT2D eigenvalue weighted by Crippen LogP contribution is -2.31. The van der Waals surface area contributed by atoms with Crippen LogP contribution in [-0.2, 0) is 23.1 Å². The molecule has 3 aromatic rings. The second kappa shape index (κ2) is 7.35. The first-order chi connectivity index (χ1) is 12.0. The van der Waals surface area contributed by atoms with Crippen LogP contribution < -0.4 is 0 Å². The van der Waals surface area contributed by atoms with Crippen LogP contribution in [0.5, 0.6) is 0 Å². The van der Waals surface area contributed by atoms with Crippen LogP contribution in [0.4, 0.5) is 4.39 Å². The number of benzene rings is 1. The molecule has 0 aliphatic rings. The summed E-state index contributed by atoms with van der Waals surface area (Å²) in [5, 5.41) is -0.250. The number of furan rings is 1. The van der Waals surface area contributed by atoms with Gasteiger partial charge >= 0.3 is 0 Å². The fourth-order valence-electron chi connectivity index (χ4n) is 2.32. The zero-order valence-corrected chi connectivity index (χ0v) is 14.5. The van der Waals surface area contributed by atoms with E-state index in [1.54, 1.807) is 36.7 Å². The van der Waals surface area contributed by atoms with Gasteiger partial charge in [0.15, 0.2) is 5.82 Å². The molecule has 25 heavy (non-hydrogen) atoms. The maximum atomic E-state index is 14.3. The van der Waals surface area contributed by atoms with Gasteiger partial charge in [-0.25, -0.2) is 12.8 Å². The minimum Gasteiger partial charge on any atom is -0.468 e. The first-order valence-electron chi connectivity index (χ1n) is 7.34. The van der Waals surface area contributed by atoms with Crippen LogP contribution in [-0.4, -0.2) is 17.7 Å². The van der Waals surface area contributed by atoms with Crippen molar-refractivity contribution in [2.75, 3.05) is 0 Å². The molecule has 1 aromatic carbocycles. The Balaban J connectivity index is 2.01. The van der Waals surface area contributed by atoms with Gasteiger partial charge in [0.2, 0.25) is 10.0 Å². The molecule has 0 amide bonds. The molecule has 130 valence electrons. The summed E-state index contributed by atoms with van der Waals surface area (Å²) in [5.41, 5.74) is 0.667. The van der Waals surface area contributed by atoms with Gasteiger partial charge in [0.05, 0.1) is 17.8 Å². The highest BCUT2D eigenvalue weighted by Gasteiger charge is 2.29. The van der Waals surface area contributed by atoms with E-state index in [0.717, 1.165) is 4.31 Å². The molecule has 0 atom stereocenters. The molecule has 0 aliphatic heterocycles. The van der Waals surface area contributed by atoms with Crippen molar-refractivity contribution in [1.29, 1.82) is 0 Å². The van der Waals surface area contributed by atoms with Gasteiger partial charge in [0.25, 0.3) is 0 Å². The molecule has 0 aliphatic carbocycles. The molecule has 8 heteroatoms. The smallest absolute Gasteiger partial charge is 0.246 e. The predicted octanol–water partition coefficient (Wildman–Crippen LogP) is 3.86. The van der Waals surface area contributed by atoms with E-state index in [1.807, 2.05) is 0 Å². The van der Waals surface area contributed by atoms with Crippen molar-refractivity contribution in [2.45, 2.75) is 18.0 Å². The summed E-state index contributed by atoms with van der Waals surface area (Å²) in [6, 6.07) is 10.6. The van der Waals surface area contributed by atoms with E-state index in [0.29, 0.717) is 11.3 Å². The van der Waals surface area contributed by atoms with Gasteiger partial charge in [-0.15, -0.1) is 0 Å². The van der Waals surface area contributed by atoms with Crippen LogP contribution >= 0.6 is 11.6 Å². The number of hydrogen-bond donors (Lipinski definition) is 0. The summed E-state index contributed by atoms with van der Waals surface area (Å²) in [6.07, 6.45) is 4.59. The van der Waals surface area contributed by atoms with E-state index in [9.17, 15) is 12.8 Å². The van der Waals surface area contributed by atoms with Crippen LogP contribution in [0.25, 0.3) is 0 Å². The topological polar surface area (TPSA) is 63.4 Å². The Morgan fingerprint density at radius 2 is 1.96 bits per heavy atom. The molecule has 3 rings (SSSR count). The monoisotopic (exact) mass is 380 g/mol. The summed E-state index contributed by atoms with van der Waals surface area (Å²) < 4.78 is 46.7. The predicted molar refractivity (Wildman–Crippen MR) is 90.8 cm³/mol. The van der Waals surface area contributed by atoms with Crippen molar-refractivity contribution >= 4 is 21.6 Å². The Morgan fingerprint density at radius 1 is 1.12 bits per heavy atom. The average Bonchev–Trinajstić information content (AvgIpc) is 3.11. The molecular weight excluding hydrogens is 367 g/mol. The van der Waals surface area contributed by atoms with Gasteiger partial charge in [-0.3, -0.25) is 4.98 Å². The van der Waals surface area contributed by atoms with Gasteiger partial charge in [0, 0.05) is 18.9 Å². The van der Waals surface area contributed by atoms with Crippen molar-refractivity contribution in [3.63, 3.8) is 0 Å². The molecule has 0 N–H and O–H groups in total. The number of nitrogens with zero attached hydrogens (tertiary/aromatic N) is 2.